The molecule has 0 aliphatic carbocycles. The molecule has 1 aromatic carbocycles. The molecule has 1 aliphatic rings. The van der Waals surface area contributed by atoms with E-state index in [2.05, 4.69) is 34.6 Å². The topological polar surface area (TPSA) is 66.4 Å². The molecule has 0 aromatic heterocycles. The van der Waals surface area contributed by atoms with E-state index in [1.54, 1.807) is 0 Å². The standard InChI is InChI=1S/C25H42O6/c1-24(2,3)19-25(4,5)20-9-10-22(21(26)18-20)29-16-14-27-12-13-28-15-17-31-23-8-6-7-11-30-23/h9-10,18,23,26H,6-8,11-17,19H2,1-5H3. The fourth-order valence-corrected chi connectivity index (χ4v) is 4.10. The molecule has 0 bridgehead atoms. The smallest absolute Gasteiger partial charge is 0.161 e. The number of rotatable bonds is 13. The third-order valence-electron chi connectivity index (χ3n) is 5.24. The highest BCUT2D eigenvalue weighted by atomic mass is 16.7. The van der Waals surface area contributed by atoms with E-state index in [4.69, 9.17) is 23.7 Å². The first-order chi connectivity index (χ1) is 14.7. The van der Waals surface area contributed by atoms with Gasteiger partial charge >= 0.3 is 0 Å². The van der Waals surface area contributed by atoms with Gasteiger partial charge in [-0.2, -0.15) is 0 Å². The van der Waals surface area contributed by atoms with Crippen molar-refractivity contribution in [2.45, 2.75) is 72.0 Å². The maximum absolute atomic E-state index is 10.4. The lowest BCUT2D eigenvalue weighted by Gasteiger charge is -2.33. The van der Waals surface area contributed by atoms with Crippen LogP contribution in [0, 0.1) is 5.41 Å². The minimum atomic E-state index is -0.0687. The van der Waals surface area contributed by atoms with Crippen LogP contribution in [0.15, 0.2) is 18.2 Å². The first kappa shape index (κ1) is 25.9. The number of phenols is 1. The van der Waals surface area contributed by atoms with Crippen LogP contribution in [0.4, 0.5) is 0 Å². The Bertz CT molecular complexity index is 631. The Morgan fingerprint density at radius 1 is 0.935 bits per heavy atom. The fraction of sp³-hybridized carbons (Fsp3) is 0.760. The fourth-order valence-electron chi connectivity index (χ4n) is 4.10. The minimum Gasteiger partial charge on any atom is -0.504 e. The van der Waals surface area contributed by atoms with E-state index in [-0.39, 0.29) is 22.9 Å². The van der Waals surface area contributed by atoms with Crippen LogP contribution >= 0.6 is 0 Å². The maximum Gasteiger partial charge on any atom is 0.161 e. The zero-order valence-electron chi connectivity index (χ0n) is 20.1. The first-order valence-electron chi connectivity index (χ1n) is 11.5. The lowest BCUT2D eigenvalue weighted by Crippen LogP contribution is -2.24. The predicted octanol–water partition coefficient (Wildman–Crippen LogP) is 5.06. The SMILES string of the molecule is CC(C)(C)CC(C)(C)c1ccc(OCCOCCOCCOC2CCCCO2)c(O)c1. The molecule has 0 spiro atoms. The van der Waals surface area contributed by atoms with Gasteiger partial charge in [-0.3, -0.25) is 0 Å². The van der Waals surface area contributed by atoms with E-state index in [1.165, 1.54) is 6.42 Å². The lowest BCUT2D eigenvalue weighted by molar-refractivity contribution is -0.169. The molecular formula is C25H42O6. The van der Waals surface area contributed by atoms with Crippen LogP contribution in [0.2, 0.25) is 0 Å². The van der Waals surface area contributed by atoms with Crippen molar-refractivity contribution in [3.63, 3.8) is 0 Å². The Morgan fingerprint density at radius 3 is 2.23 bits per heavy atom. The summed E-state index contributed by atoms with van der Waals surface area (Å²) in [6, 6.07) is 5.69. The molecule has 1 fully saturated rings. The molecule has 1 heterocycles. The van der Waals surface area contributed by atoms with Crippen molar-refractivity contribution in [3.05, 3.63) is 23.8 Å². The van der Waals surface area contributed by atoms with Crippen molar-refractivity contribution in [2.24, 2.45) is 5.41 Å². The number of phenolic OH excluding ortho intramolecular Hbond substituents is 1. The normalized spacial score (nSPS) is 17.6. The number of ether oxygens (including phenoxy) is 5. The maximum atomic E-state index is 10.4. The van der Waals surface area contributed by atoms with Crippen LogP contribution in [0.25, 0.3) is 0 Å². The third-order valence-corrected chi connectivity index (χ3v) is 5.24. The van der Waals surface area contributed by atoms with Gasteiger partial charge in [0.25, 0.3) is 0 Å². The number of aromatic hydroxyl groups is 1. The molecule has 0 saturated carbocycles. The van der Waals surface area contributed by atoms with Gasteiger partial charge in [0, 0.05) is 6.61 Å². The summed E-state index contributed by atoms with van der Waals surface area (Å²) in [5.74, 6) is 0.655. The summed E-state index contributed by atoms with van der Waals surface area (Å²) in [5, 5.41) is 10.4. The highest BCUT2D eigenvalue weighted by Crippen LogP contribution is 2.39. The Hall–Kier alpha value is -1.34. The third kappa shape index (κ3) is 10.2. The van der Waals surface area contributed by atoms with Crippen LogP contribution in [-0.4, -0.2) is 57.6 Å². The van der Waals surface area contributed by atoms with E-state index in [0.29, 0.717) is 45.4 Å². The molecule has 6 nitrogen and oxygen atoms in total. The number of benzene rings is 1. The van der Waals surface area contributed by atoms with Gasteiger partial charge in [-0.05, 0) is 54.2 Å². The van der Waals surface area contributed by atoms with E-state index in [0.717, 1.165) is 31.4 Å². The molecule has 1 atom stereocenters. The van der Waals surface area contributed by atoms with E-state index in [9.17, 15) is 5.11 Å². The average Bonchev–Trinajstić information content (AvgIpc) is 2.69. The monoisotopic (exact) mass is 438 g/mol. The summed E-state index contributed by atoms with van der Waals surface area (Å²) in [6.07, 6.45) is 4.21. The van der Waals surface area contributed by atoms with Crippen molar-refractivity contribution in [2.75, 3.05) is 46.2 Å². The van der Waals surface area contributed by atoms with Gasteiger partial charge in [0.1, 0.15) is 6.61 Å². The van der Waals surface area contributed by atoms with Crippen LogP contribution in [0.5, 0.6) is 11.5 Å². The van der Waals surface area contributed by atoms with Gasteiger partial charge in [0.2, 0.25) is 0 Å². The molecule has 1 aromatic rings. The van der Waals surface area contributed by atoms with E-state index in [1.807, 2.05) is 18.2 Å². The first-order valence-corrected chi connectivity index (χ1v) is 11.5. The molecule has 1 unspecified atom stereocenters. The summed E-state index contributed by atoms with van der Waals surface area (Å²) >= 11 is 0. The number of hydrogen-bond donors (Lipinski definition) is 1. The Kier molecular flexibility index (Phi) is 10.6. The molecule has 6 heteroatoms. The lowest BCUT2D eigenvalue weighted by atomic mass is 9.72. The van der Waals surface area contributed by atoms with Gasteiger partial charge in [-0.25, -0.2) is 0 Å². The van der Waals surface area contributed by atoms with Gasteiger partial charge < -0.3 is 28.8 Å². The van der Waals surface area contributed by atoms with Gasteiger partial charge in [0.15, 0.2) is 17.8 Å². The summed E-state index contributed by atoms with van der Waals surface area (Å²) in [4.78, 5) is 0. The molecule has 1 aliphatic heterocycles. The molecule has 0 radical (unpaired) electrons. The molecule has 178 valence electrons. The molecule has 1 N–H and O–H groups in total. The highest BCUT2D eigenvalue weighted by Gasteiger charge is 2.28. The van der Waals surface area contributed by atoms with E-state index >= 15 is 0 Å². The van der Waals surface area contributed by atoms with Crippen LogP contribution in [-0.2, 0) is 24.4 Å². The second kappa shape index (κ2) is 12.6. The second-order valence-corrected chi connectivity index (χ2v) is 10.0. The summed E-state index contributed by atoms with van der Waals surface area (Å²) < 4.78 is 27.8. The van der Waals surface area contributed by atoms with Gasteiger partial charge in [-0.15, -0.1) is 0 Å². The molecule has 0 amide bonds. The van der Waals surface area contributed by atoms with Gasteiger partial charge in [0.05, 0.1) is 33.0 Å². The summed E-state index contributed by atoms with van der Waals surface area (Å²) in [6.45, 7) is 14.8. The van der Waals surface area contributed by atoms with E-state index < -0.39 is 0 Å². The molecule has 2 rings (SSSR count). The largest absolute Gasteiger partial charge is 0.504 e. The summed E-state index contributed by atoms with van der Waals surface area (Å²) in [5.41, 5.74) is 1.30. The Balaban J connectivity index is 1.56. The van der Waals surface area contributed by atoms with Crippen LogP contribution < -0.4 is 4.74 Å². The van der Waals surface area contributed by atoms with Gasteiger partial charge in [-0.1, -0.05) is 40.7 Å². The predicted molar refractivity (Wildman–Crippen MR) is 122 cm³/mol. The Morgan fingerprint density at radius 2 is 1.61 bits per heavy atom. The molecule has 31 heavy (non-hydrogen) atoms. The average molecular weight is 439 g/mol. The zero-order chi connectivity index (χ0) is 22.7. The van der Waals surface area contributed by atoms with Crippen molar-refractivity contribution in [3.8, 4) is 11.5 Å². The quantitative estimate of drug-likeness (QED) is 0.434. The molecule has 1 saturated heterocycles. The zero-order valence-corrected chi connectivity index (χ0v) is 20.1. The van der Waals surface area contributed by atoms with Crippen LogP contribution in [0.1, 0.15) is 65.9 Å². The van der Waals surface area contributed by atoms with Crippen LogP contribution in [0.3, 0.4) is 0 Å². The van der Waals surface area contributed by atoms with Crippen molar-refractivity contribution in [1.29, 1.82) is 0 Å². The number of hydrogen-bond acceptors (Lipinski definition) is 6. The second-order valence-electron chi connectivity index (χ2n) is 10.0. The van der Waals surface area contributed by atoms with Crippen molar-refractivity contribution in [1.82, 2.24) is 0 Å². The highest BCUT2D eigenvalue weighted by molar-refractivity contribution is 5.44. The van der Waals surface area contributed by atoms with Crippen molar-refractivity contribution >= 4 is 0 Å². The Labute approximate surface area is 188 Å². The molecular weight excluding hydrogens is 396 g/mol. The van der Waals surface area contributed by atoms with Crippen molar-refractivity contribution < 1.29 is 28.8 Å². The minimum absolute atomic E-state index is 0.0220. The summed E-state index contributed by atoms with van der Waals surface area (Å²) in [7, 11) is 0.